The number of benzene rings is 1. The summed E-state index contributed by atoms with van der Waals surface area (Å²) >= 11 is 1.48. The normalized spacial score (nSPS) is 21.3. The lowest BCUT2D eigenvalue weighted by Gasteiger charge is -2.26. The van der Waals surface area contributed by atoms with E-state index in [1.807, 2.05) is 18.5 Å². The molecule has 0 radical (unpaired) electrons. The zero-order valence-corrected chi connectivity index (χ0v) is 17.3. The van der Waals surface area contributed by atoms with E-state index in [4.69, 9.17) is 0 Å². The van der Waals surface area contributed by atoms with Crippen LogP contribution < -0.4 is 0 Å². The van der Waals surface area contributed by atoms with Gasteiger partial charge in [0.1, 0.15) is 6.04 Å². The third-order valence-electron chi connectivity index (χ3n) is 5.23. The van der Waals surface area contributed by atoms with Gasteiger partial charge in [0, 0.05) is 30.3 Å². The van der Waals surface area contributed by atoms with Crippen molar-refractivity contribution in [3.8, 4) is 0 Å². The molecule has 27 heavy (non-hydrogen) atoms. The van der Waals surface area contributed by atoms with Crippen LogP contribution in [0.2, 0.25) is 0 Å². The molecule has 2 aliphatic rings. The summed E-state index contributed by atoms with van der Waals surface area (Å²) in [4.78, 5) is 14.7. The van der Waals surface area contributed by atoms with Crippen LogP contribution in [0.25, 0.3) is 10.9 Å². The monoisotopic (exact) mass is 408 g/mol. The van der Waals surface area contributed by atoms with Crippen molar-refractivity contribution >= 4 is 38.6 Å². The van der Waals surface area contributed by atoms with E-state index in [0.717, 1.165) is 23.7 Å². The number of likely N-dealkylation sites (N-methyl/N-ethyl adjacent to an activating group) is 1. The molecule has 1 saturated carbocycles. The highest BCUT2D eigenvalue weighted by atomic mass is 32.2. The number of fused-ring (bicyclic) bond motifs is 1. The van der Waals surface area contributed by atoms with Crippen LogP contribution in [-0.4, -0.2) is 64.1 Å². The van der Waals surface area contributed by atoms with Gasteiger partial charge in [0.05, 0.1) is 22.5 Å². The average Bonchev–Trinajstić information content (AvgIpc) is 3.20. The molecule has 4 rings (SSSR count). The van der Waals surface area contributed by atoms with Crippen LogP contribution in [0.4, 0.5) is 0 Å². The van der Waals surface area contributed by atoms with Crippen LogP contribution in [0.1, 0.15) is 32.7 Å². The summed E-state index contributed by atoms with van der Waals surface area (Å²) in [5.74, 6) is 0.711. The first-order valence-electron chi connectivity index (χ1n) is 9.14. The first-order chi connectivity index (χ1) is 12.8. The fourth-order valence-corrected chi connectivity index (χ4v) is 6.64. The topological polar surface area (TPSA) is 75.5 Å². The summed E-state index contributed by atoms with van der Waals surface area (Å²) < 4.78 is 29.7. The van der Waals surface area contributed by atoms with Gasteiger partial charge in [0.2, 0.25) is 15.9 Å². The molecule has 9 heteroatoms. The number of sulfonamides is 1. The van der Waals surface area contributed by atoms with E-state index < -0.39 is 16.1 Å². The summed E-state index contributed by atoms with van der Waals surface area (Å²) in [5.41, 5.74) is 0.904. The third-order valence-corrected chi connectivity index (χ3v) is 8.26. The Bertz CT molecular complexity index is 982. The van der Waals surface area contributed by atoms with Gasteiger partial charge in [-0.1, -0.05) is 0 Å². The van der Waals surface area contributed by atoms with E-state index in [9.17, 15) is 13.2 Å². The summed E-state index contributed by atoms with van der Waals surface area (Å²) in [6, 6.07) is 4.91. The first kappa shape index (κ1) is 18.8. The number of carbonyl (C=O) groups is 1. The van der Waals surface area contributed by atoms with Crippen LogP contribution in [0.3, 0.4) is 0 Å². The van der Waals surface area contributed by atoms with Crippen molar-refractivity contribution in [2.24, 2.45) is 0 Å². The highest BCUT2D eigenvalue weighted by Gasteiger charge is 2.43. The van der Waals surface area contributed by atoms with E-state index >= 15 is 0 Å². The fraction of sp³-hybridized carbons (Fsp3) is 0.556. The number of rotatable bonds is 5. The van der Waals surface area contributed by atoms with Crippen molar-refractivity contribution < 1.29 is 13.2 Å². The molecule has 146 valence electrons. The minimum absolute atomic E-state index is 0.0974. The maximum atomic E-state index is 13.3. The van der Waals surface area contributed by atoms with Gasteiger partial charge >= 0.3 is 0 Å². The number of hydrogen-bond acceptors (Lipinski definition) is 5. The van der Waals surface area contributed by atoms with Gasteiger partial charge in [-0.15, -0.1) is 11.8 Å². The van der Waals surface area contributed by atoms with E-state index in [-0.39, 0.29) is 22.9 Å². The Balaban J connectivity index is 1.65. The number of carbonyl (C=O) groups excluding carboxylic acids is 1. The van der Waals surface area contributed by atoms with Crippen molar-refractivity contribution in [1.82, 2.24) is 19.0 Å². The van der Waals surface area contributed by atoms with Gasteiger partial charge < -0.3 is 4.90 Å². The Hall–Kier alpha value is -1.58. The molecule has 1 saturated heterocycles. The van der Waals surface area contributed by atoms with Crippen molar-refractivity contribution in [2.75, 3.05) is 18.7 Å². The molecular weight excluding hydrogens is 384 g/mol. The SMILES string of the molecule is CC(C)n1ncc2cc(S(=O)(=O)N3CSC[C@H]3C(=O)N(C)C3CC3)ccc21. The molecule has 1 atom stereocenters. The lowest BCUT2D eigenvalue weighted by atomic mass is 10.2. The Morgan fingerprint density at radius 2 is 2.07 bits per heavy atom. The molecule has 0 N–H and O–H groups in total. The van der Waals surface area contributed by atoms with Crippen LogP contribution in [0, 0.1) is 0 Å². The second-order valence-electron chi connectivity index (χ2n) is 7.49. The maximum absolute atomic E-state index is 13.3. The summed E-state index contributed by atoms with van der Waals surface area (Å²) in [7, 11) is -1.97. The highest BCUT2D eigenvalue weighted by molar-refractivity contribution is 8.00. The molecular formula is C18H24N4O3S2. The van der Waals surface area contributed by atoms with Crippen molar-refractivity contribution in [3.05, 3.63) is 24.4 Å². The smallest absolute Gasteiger partial charge is 0.244 e. The molecule has 1 aliphatic carbocycles. The van der Waals surface area contributed by atoms with Crippen molar-refractivity contribution in [1.29, 1.82) is 0 Å². The van der Waals surface area contributed by atoms with Crippen LogP contribution in [0.15, 0.2) is 29.3 Å². The number of amides is 1. The van der Waals surface area contributed by atoms with E-state index in [2.05, 4.69) is 5.10 Å². The predicted octanol–water partition coefficient (Wildman–Crippen LogP) is 2.30. The molecule has 2 aromatic rings. The number of nitrogens with zero attached hydrogens (tertiary/aromatic N) is 4. The number of thioether (sulfide) groups is 1. The Morgan fingerprint density at radius 1 is 1.33 bits per heavy atom. The van der Waals surface area contributed by atoms with Gasteiger partial charge in [0.25, 0.3) is 0 Å². The highest BCUT2D eigenvalue weighted by Crippen LogP contribution is 2.33. The molecule has 0 unspecified atom stereocenters. The zero-order chi connectivity index (χ0) is 19.3. The minimum atomic E-state index is -3.75. The molecule has 1 aromatic carbocycles. The van der Waals surface area contributed by atoms with Gasteiger partial charge in [0.15, 0.2) is 0 Å². The number of aromatic nitrogens is 2. The summed E-state index contributed by atoms with van der Waals surface area (Å²) in [6.07, 6.45) is 3.70. The fourth-order valence-electron chi connectivity index (χ4n) is 3.47. The zero-order valence-electron chi connectivity index (χ0n) is 15.7. The van der Waals surface area contributed by atoms with E-state index in [1.54, 1.807) is 36.3 Å². The molecule has 1 aliphatic heterocycles. The summed E-state index contributed by atoms with van der Waals surface area (Å²) in [5, 5.41) is 5.14. The van der Waals surface area contributed by atoms with Gasteiger partial charge in [-0.25, -0.2) is 8.42 Å². The van der Waals surface area contributed by atoms with Crippen LogP contribution in [0.5, 0.6) is 0 Å². The Morgan fingerprint density at radius 3 is 2.74 bits per heavy atom. The largest absolute Gasteiger partial charge is 0.341 e. The van der Waals surface area contributed by atoms with Gasteiger partial charge in [-0.05, 0) is 44.9 Å². The molecule has 2 fully saturated rings. The second-order valence-corrected chi connectivity index (χ2v) is 10.4. The first-order valence-corrected chi connectivity index (χ1v) is 11.7. The van der Waals surface area contributed by atoms with Crippen molar-refractivity contribution in [2.45, 2.75) is 49.7 Å². The minimum Gasteiger partial charge on any atom is -0.341 e. The molecule has 1 amide bonds. The Kier molecular flexibility index (Phi) is 4.72. The predicted molar refractivity (Wildman–Crippen MR) is 106 cm³/mol. The van der Waals surface area contributed by atoms with Gasteiger partial charge in [-0.3, -0.25) is 9.48 Å². The van der Waals surface area contributed by atoms with Crippen LogP contribution in [-0.2, 0) is 14.8 Å². The quantitative estimate of drug-likeness (QED) is 0.759. The maximum Gasteiger partial charge on any atom is 0.244 e. The third kappa shape index (κ3) is 3.25. The van der Waals surface area contributed by atoms with Crippen molar-refractivity contribution in [3.63, 3.8) is 0 Å². The van der Waals surface area contributed by atoms with Gasteiger partial charge in [-0.2, -0.15) is 9.40 Å². The lowest BCUT2D eigenvalue weighted by molar-refractivity contribution is -0.133. The standard InChI is InChI=1S/C18H24N4O3S2/c1-12(2)22-16-7-6-15(8-13(16)9-19-22)27(24,25)21-11-26-10-17(21)18(23)20(3)14-4-5-14/h6-9,12,14,17H,4-5,10-11H2,1-3H3/t17-/m0/s1. The Labute approximate surface area is 163 Å². The molecule has 0 bridgehead atoms. The lowest BCUT2D eigenvalue weighted by Crippen LogP contribution is -2.48. The molecule has 0 spiro atoms. The molecule has 7 nitrogen and oxygen atoms in total. The van der Waals surface area contributed by atoms with E-state index in [1.165, 1.54) is 16.1 Å². The molecule has 1 aromatic heterocycles. The second kappa shape index (κ2) is 6.79. The average molecular weight is 409 g/mol. The molecule has 2 heterocycles. The van der Waals surface area contributed by atoms with E-state index in [0.29, 0.717) is 11.6 Å². The van der Waals surface area contributed by atoms with Crippen LogP contribution >= 0.6 is 11.8 Å². The summed E-state index contributed by atoms with van der Waals surface area (Å²) in [6.45, 7) is 4.07. The number of hydrogen-bond donors (Lipinski definition) is 0.